The third-order valence-electron chi connectivity index (χ3n) is 23.5. The second-order valence-corrected chi connectivity index (χ2v) is 31.7. The predicted octanol–water partition coefficient (Wildman–Crippen LogP) is 27.1. The standard InChI is InChI=1S/C49H28N2OS.C37H22N2O.C12H7BrS/c1-7-20-41-30(12-1)33-15-11-18-38-48(33)51(41)42-21-8-4-16-36(42)49(38)37-17-5-9-22-44(37)52-45-28-43-34(27-39(45)49)31-13-2-6-19-40(31)50(43)29-24-25-47-35(26-29)32-14-3-10-23-46(32)53-47;1-5-16-30-22(10-1)25-20-29-35(21-31(25)38-30)40-34-19-8-4-14-27(34)37(29)26-13-3-7-18-33(26)39-32-17-6-2-11-23(32)24-12-9-15-28(37)36(24)39;13-8-5-6-12-10(7-8)9-3-1-2-4-11(9)14-12/h1-28H;1-21,38H;1-7H. The average molecular weight is 1470 g/mol. The molecule has 16 aromatic carbocycles. The van der Waals surface area contributed by atoms with Gasteiger partial charge in [0.2, 0.25) is 0 Å². The van der Waals surface area contributed by atoms with Crippen molar-refractivity contribution < 1.29 is 9.47 Å². The molecule has 500 valence electrons. The Labute approximate surface area is 629 Å². The van der Waals surface area contributed by atoms with Gasteiger partial charge in [-0.25, -0.2) is 0 Å². The number of rotatable bonds is 1. The lowest BCUT2D eigenvalue weighted by molar-refractivity contribution is 0.434. The third kappa shape index (κ3) is 8.01. The van der Waals surface area contributed by atoms with Crippen molar-refractivity contribution in [2.24, 2.45) is 0 Å². The quantitative estimate of drug-likeness (QED) is 0.178. The molecule has 9 heteroatoms. The molecule has 1 N–H and O–H groups in total. The fraction of sp³-hybridized carbons (Fsp3) is 0.0204. The number of ether oxygens (including phenoxy) is 2. The van der Waals surface area contributed by atoms with Crippen molar-refractivity contribution in [1.29, 1.82) is 0 Å². The Morgan fingerprint density at radius 2 is 0.673 bits per heavy atom. The first-order chi connectivity index (χ1) is 53.0. The lowest BCUT2D eigenvalue weighted by Gasteiger charge is -2.45. The maximum Gasteiger partial charge on any atom is 0.134 e. The Morgan fingerprint density at radius 3 is 1.26 bits per heavy atom. The number of nitrogens with one attached hydrogen (secondary N) is 1. The number of para-hydroxylation sites is 10. The highest BCUT2D eigenvalue weighted by molar-refractivity contribution is 9.10. The number of nitrogens with zero attached hydrogens (tertiary/aromatic N) is 3. The zero-order chi connectivity index (χ0) is 70.0. The molecule has 0 saturated heterocycles. The Hall–Kier alpha value is -12.8. The number of H-pyrrole nitrogens is 1. The number of benzene rings is 16. The smallest absolute Gasteiger partial charge is 0.134 e. The van der Waals surface area contributed by atoms with Gasteiger partial charge in [0.15, 0.2) is 0 Å². The largest absolute Gasteiger partial charge is 0.457 e. The van der Waals surface area contributed by atoms with Crippen LogP contribution in [0.1, 0.15) is 44.5 Å². The van der Waals surface area contributed by atoms with Gasteiger partial charge in [0.1, 0.15) is 23.0 Å². The van der Waals surface area contributed by atoms with E-state index in [9.17, 15) is 0 Å². The highest BCUT2D eigenvalue weighted by Crippen LogP contribution is 2.64. The SMILES string of the molecule is Brc1ccc2sc3ccccc3c2c1.c1ccc2c(c1)Oc1cc3[nH]c4ccccc4c3cc1C21c2ccccc2-n2c3ccccc3c3cccc1c32.c1ccc2c(c1)Oc1cc3c(cc1C21c2ccccc2-n2c4ccccc4c4cccc1c42)c1ccccc1n3-c1ccc2sc3ccccc3c2c1. The highest BCUT2D eigenvalue weighted by Gasteiger charge is 2.52. The van der Waals surface area contributed by atoms with Gasteiger partial charge in [0, 0.05) is 133 Å². The minimum Gasteiger partial charge on any atom is -0.457 e. The summed E-state index contributed by atoms with van der Waals surface area (Å²) in [4.78, 5) is 3.63. The zero-order valence-electron chi connectivity index (χ0n) is 57.2. The normalized spacial score (nSPS) is 15.6. The molecule has 0 amide bonds. The fourth-order valence-corrected chi connectivity index (χ4v) is 21.8. The van der Waals surface area contributed by atoms with Gasteiger partial charge < -0.3 is 28.2 Å². The number of fused-ring (bicyclic) bond motifs is 34. The Bertz CT molecular complexity index is 7650. The molecule has 2 spiro atoms. The Kier molecular flexibility index (Phi) is 12.3. The molecule has 4 aliphatic heterocycles. The fourth-order valence-electron chi connectivity index (χ4n) is 19.3. The lowest BCUT2D eigenvalue weighted by atomic mass is 9.61. The Balaban J connectivity index is 0.000000110. The van der Waals surface area contributed by atoms with Gasteiger partial charge in [-0.15, -0.1) is 22.7 Å². The first kappa shape index (κ1) is 59.6. The summed E-state index contributed by atoms with van der Waals surface area (Å²) in [6.45, 7) is 0. The predicted molar refractivity (Wildman–Crippen MR) is 449 cm³/mol. The van der Waals surface area contributed by atoms with Crippen LogP contribution in [0.2, 0.25) is 0 Å². The Morgan fingerprint density at radius 1 is 0.252 bits per heavy atom. The average Bonchev–Trinajstić information content (AvgIpc) is 1.65. The molecule has 0 fully saturated rings. The van der Waals surface area contributed by atoms with Crippen molar-refractivity contribution in [2.75, 3.05) is 0 Å². The molecule has 6 aromatic heterocycles. The molecule has 0 aliphatic carbocycles. The maximum atomic E-state index is 7.05. The van der Waals surface area contributed by atoms with Crippen LogP contribution in [0.25, 0.3) is 145 Å². The molecule has 22 aromatic rings. The molecule has 0 radical (unpaired) electrons. The van der Waals surface area contributed by atoms with Crippen LogP contribution in [0, 0.1) is 0 Å². The second kappa shape index (κ2) is 22.2. The van der Waals surface area contributed by atoms with Crippen LogP contribution in [0.4, 0.5) is 0 Å². The van der Waals surface area contributed by atoms with Crippen molar-refractivity contribution in [2.45, 2.75) is 10.8 Å². The second-order valence-electron chi connectivity index (χ2n) is 28.6. The van der Waals surface area contributed by atoms with E-state index < -0.39 is 10.8 Å². The topological polar surface area (TPSA) is 49.0 Å². The molecule has 26 rings (SSSR count). The van der Waals surface area contributed by atoms with Crippen LogP contribution >= 0.6 is 38.6 Å². The minimum absolute atomic E-state index is 0.544. The zero-order valence-corrected chi connectivity index (χ0v) is 60.4. The molecule has 6 nitrogen and oxygen atoms in total. The summed E-state index contributed by atoms with van der Waals surface area (Å²) in [5.41, 5.74) is 21.7. The number of hydrogen-bond donors (Lipinski definition) is 1. The van der Waals surface area contributed by atoms with E-state index in [2.05, 4.69) is 374 Å². The highest BCUT2D eigenvalue weighted by atomic mass is 79.9. The van der Waals surface area contributed by atoms with Gasteiger partial charge in [-0.2, -0.15) is 0 Å². The summed E-state index contributed by atoms with van der Waals surface area (Å²) in [6.07, 6.45) is 0. The van der Waals surface area contributed by atoms with Gasteiger partial charge in [0.05, 0.1) is 60.8 Å². The van der Waals surface area contributed by atoms with Crippen LogP contribution in [-0.2, 0) is 10.8 Å². The molecular weight excluding hydrogens is 1410 g/mol. The number of hydrogen-bond acceptors (Lipinski definition) is 4. The summed E-state index contributed by atoms with van der Waals surface area (Å²) >= 11 is 7.21. The van der Waals surface area contributed by atoms with Crippen LogP contribution in [0.3, 0.4) is 0 Å². The van der Waals surface area contributed by atoms with Crippen molar-refractivity contribution in [3.8, 4) is 40.1 Å². The molecule has 0 bridgehead atoms. The summed E-state index contributed by atoms with van der Waals surface area (Å²) < 4.78 is 27.7. The van der Waals surface area contributed by atoms with Crippen molar-refractivity contribution >= 4 is 166 Å². The molecule has 2 atom stereocenters. The van der Waals surface area contributed by atoms with E-state index in [0.717, 1.165) is 49.7 Å². The lowest BCUT2D eigenvalue weighted by Crippen LogP contribution is -2.37. The number of thiophene rings is 2. The van der Waals surface area contributed by atoms with Crippen molar-refractivity contribution in [3.05, 3.63) is 389 Å². The number of aromatic nitrogens is 4. The summed E-state index contributed by atoms with van der Waals surface area (Å²) in [6, 6.07) is 124. The van der Waals surface area contributed by atoms with E-state index in [1.165, 1.54) is 167 Å². The third-order valence-corrected chi connectivity index (χ3v) is 26.3. The molecule has 0 saturated carbocycles. The number of aromatic amines is 1. The van der Waals surface area contributed by atoms with E-state index in [1.54, 1.807) is 0 Å². The summed E-state index contributed by atoms with van der Waals surface area (Å²) in [7, 11) is 0. The van der Waals surface area contributed by atoms with Gasteiger partial charge in [0.25, 0.3) is 0 Å². The first-order valence-corrected chi connectivity index (χ1v) is 38.8. The van der Waals surface area contributed by atoms with Crippen LogP contribution in [-0.4, -0.2) is 18.7 Å². The van der Waals surface area contributed by atoms with Gasteiger partial charge in [-0.1, -0.05) is 234 Å². The molecule has 2 unspecified atom stereocenters. The van der Waals surface area contributed by atoms with E-state index in [1.807, 2.05) is 22.7 Å². The molecule has 107 heavy (non-hydrogen) atoms. The van der Waals surface area contributed by atoms with E-state index in [-0.39, 0.29) is 0 Å². The van der Waals surface area contributed by atoms with Crippen LogP contribution in [0.15, 0.2) is 344 Å². The van der Waals surface area contributed by atoms with E-state index >= 15 is 0 Å². The van der Waals surface area contributed by atoms with E-state index in [4.69, 9.17) is 9.47 Å². The van der Waals surface area contributed by atoms with Gasteiger partial charge >= 0.3 is 0 Å². The molecule has 4 aliphatic rings. The first-order valence-electron chi connectivity index (χ1n) is 36.4. The van der Waals surface area contributed by atoms with Crippen molar-refractivity contribution in [3.63, 3.8) is 0 Å². The minimum atomic E-state index is -0.615. The molecular formula is C98H57BrN4O2S2. The summed E-state index contributed by atoms with van der Waals surface area (Å²) in [5, 5.41) is 15.3. The summed E-state index contributed by atoms with van der Waals surface area (Å²) in [5.74, 6) is 3.58. The maximum absolute atomic E-state index is 7.05. The van der Waals surface area contributed by atoms with Gasteiger partial charge in [-0.05, 0) is 131 Å². The monoisotopic (exact) mass is 1460 g/mol. The van der Waals surface area contributed by atoms with Crippen LogP contribution < -0.4 is 9.47 Å². The molecule has 10 heterocycles. The number of halogens is 1. The van der Waals surface area contributed by atoms with Gasteiger partial charge in [-0.3, -0.25) is 0 Å². The van der Waals surface area contributed by atoms with Crippen molar-refractivity contribution in [1.82, 2.24) is 18.7 Å². The van der Waals surface area contributed by atoms with E-state index in [0.29, 0.717) is 0 Å². The van der Waals surface area contributed by atoms with Crippen LogP contribution in [0.5, 0.6) is 23.0 Å².